The highest BCUT2D eigenvalue weighted by atomic mass is 32.2. The maximum Gasteiger partial charge on any atom is 0.224 e. The molecule has 1 saturated heterocycles. The van der Waals surface area contributed by atoms with E-state index >= 15 is 0 Å². The summed E-state index contributed by atoms with van der Waals surface area (Å²) in [5, 5.41) is 22.5. The lowest BCUT2D eigenvalue weighted by Gasteiger charge is -2.26. The van der Waals surface area contributed by atoms with Crippen LogP contribution >= 0.6 is 11.8 Å². The van der Waals surface area contributed by atoms with Gasteiger partial charge in [0, 0.05) is 5.75 Å². The fourth-order valence-corrected chi connectivity index (χ4v) is 3.57. The van der Waals surface area contributed by atoms with Gasteiger partial charge in [-0.15, -0.1) is 0 Å². The molecule has 0 bridgehead atoms. The number of hydrogen-bond donors (Lipinski definition) is 2. The number of hydrogen-bond acceptors (Lipinski definition) is 4. The highest BCUT2D eigenvalue weighted by Crippen LogP contribution is 2.29. The van der Waals surface area contributed by atoms with Crippen molar-refractivity contribution in [3.8, 4) is 6.07 Å². The second kappa shape index (κ2) is 5.86. The summed E-state index contributed by atoms with van der Waals surface area (Å²) in [6.07, 6.45) is 0.610. The van der Waals surface area contributed by atoms with E-state index in [9.17, 15) is 15.2 Å². The van der Waals surface area contributed by atoms with Gasteiger partial charge in [0.2, 0.25) is 5.91 Å². The normalized spacial score (nSPS) is 24.6. The van der Waals surface area contributed by atoms with Crippen molar-refractivity contribution in [1.29, 1.82) is 5.26 Å². The van der Waals surface area contributed by atoms with Crippen LogP contribution in [0.1, 0.15) is 25.3 Å². The van der Waals surface area contributed by atoms with Crippen molar-refractivity contribution >= 4 is 17.7 Å². The molecule has 5 heteroatoms. The minimum Gasteiger partial charge on any atom is -0.385 e. The third kappa shape index (κ3) is 3.33. The lowest BCUT2D eigenvalue weighted by atomic mass is 9.91. The van der Waals surface area contributed by atoms with E-state index in [1.165, 1.54) is 0 Å². The van der Waals surface area contributed by atoms with Crippen LogP contribution in [0, 0.1) is 11.3 Å². The fourth-order valence-electron chi connectivity index (χ4n) is 2.30. The lowest BCUT2D eigenvalue weighted by molar-refractivity contribution is -0.127. The molecule has 1 aromatic carbocycles. The Bertz CT molecular complexity index is 516. The van der Waals surface area contributed by atoms with E-state index in [2.05, 4.69) is 11.4 Å². The van der Waals surface area contributed by atoms with Crippen molar-refractivity contribution < 1.29 is 9.90 Å². The van der Waals surface area contributed by atoms with Gasteiger partial charge in [-0.2, -0.15) is 17.0 Å². The van der Waals surface area contributed by atoms with Gasteiger partial charge in [0.25, 0.3) is 0 Å². The SMILES string of the molecule is CC(O)(CC(=O)NC1(C#N)CCSC1)c1ccccc1. The summed E-state index contributed by atoms with van der Waals surface area (Å²) < 4.78 is 0. The van der Waals surface area contributed by atoms with E-state index in [1.807, 2.05) is 18.2 Å². The van der Waals surface area contributed by atoms with Gasteiger partial charge in [-0.25, -0.2) is 0 Å². The van der Waals surface area contributed by atoms with E-state index in [-0.39, 0.29) is 12.3 Å². The number of benzene rings is 1. The van der Waals surface area contributed by atoms with Gasteiger partial charge in [-0.1, -0.05) is 30.3 Å². The highest BCUT2D eigenvalue weighted by molar-refractivity contribution is 7.99. The number of thioether (sulfide) groups is 1. The van der Waals surface area contributed by atoms with Crippen LogP contribution in [0.5, 0.6) is 0 Å². The first kappa shape index (κ1) is 14.9. The molecule has 0 aliphatic carbocycles. The summed E-state index contributed by atoms with van der Waals surface area (Å²) in [4.78, 5) is 12.1. The number of aliphatic hydroxyl groups is 1. The van der Waals surface area contributed by atoms with Crippen LogP contribution in [0.4, 0.5) is 0 Å². The van der Waals surface area contributed by atoms with E-state index in [4.69, 9.17) is 0 Å². The third-order valence-corrected chi connectivity index (χ3v) is 4.70. The van der Waals surface area contributed by atoms with Gasteiger partial charge in [-0.3, -0.25) is 4.79 Å². The number of carbonyl (C=O) groups excluding carboxylic acids is 1. The Kier molecular flexibility index (Phi) is 4.36. The van der Waals surface area contributed by atoms with Crippen molar-refractivity contribution in [2.45, 2.75) is 30.9 Å². The van der Waals surface area contributed by atoms with Crippen LogP contribution in [0.25, 0.3) is 0 Å². The van der Waals surface area contributed by atoms with Gasteiger partial charge in [-0.05, 0) is 24.7 Å². The minimum absolute atomic E-state index is 0.0505. The Balaban J connectivity index is 2.03. The van der Waals surface area contributed by atoms with Gasteiger partial charge < -0.3 is 10.4 Å². The molecule has 1 aromatic rings. The second-order valence-electron chi connectivity index (χ2n) is 5.36. The number of rotatable bonds is 4. The zero-order valence-corrected chi connectivity index (χ0v) is 12.2. The Morgan fingerprint density at radius 2 is 2.25 bits per heavy atom. The summed E-state index contributed by atoms with van der Waals surface area (Å²) in [7, 11) is 0. The Morgan fingerprint density at radius 3 is 2.80 bits per heavy atom. The summed E-state index contributed by atoms with van der Waals surface area (Å²) in [6, 6.07) is 11.3. The quantitative estimate of drug-likeness (QED) is 0.887. The average Bonchev–Trinajstić information content (AvgIpc) is 2.88. The van der Waals surface area contributed by atoms with Crippen LogP contribution in [-0.4, -0.2) is 28.1 Å². The van der Waals surface area contributed by atoms with Crippen LogP contribution in [0.2, 0.25) is 0 Å². The fraction of sp³-hybridized carbons (Fsp3) is 0.467. The topological polar surface area (TPSA) is 73.1 Å². The van der Waals surface area contributed by atoms with Crippen LogP contribution in [0.3, 0.4) is 0 Å². The average molecular weight is 290 g/mol. The second-order valence-corrected chi connectivity index (χ2v) is 6.47. The smallest absolute Gasteiger partial charge is 0.224 e. The van der Waals surface area contributed by atoms with Crippen LogP contribution in [0.15, 0.2) is 30.3 Å². The molecule has 1 heterocycles. The summed E-state index contributed by atoms with van der Waals surface area (Å²) in [6.45, 7) is 1.62. The van der Waals surface area contributed by atoms with Gasteiger partial charge in [0.05, 0.1) is 18.1 Å². The number of nitrogens with zero attached hydrogens (tertiary/aromatic N) is 1. The maximum atomic E-state index is 12.1. The molecule has 0 aromatic heterocycles. The van der Waals surface area contributed by atoms with Crippen molar-refractivity contribution in [3.05, 3.63) is 35.9 Å². The first-order chi connectivity index (χ1) is 9.47. The summed E-state index contributed by atoms with van der Waals surface area (Å²) in [5.41, 5.74) is -1.30. The molecule has 1 amide bonds. The third-order valence-electron chi connectivity index (χ3n) is 3.51. The van der Waals surface area contributed by atoms with Crippen molar-refractivity contribution in [2.24, 2.45) is 0 Å². The Labute approximate surface area is 123 Å². The molecule has 2 rings (SSSR count). The lowest BCUT2D eigenvalue weighted by Crippen LogP contribution is -2.49. The Hall–Kier alpha value is -1.51. The predicted molar refractivity (Wildman–Crippen MR) is 79.1 cm³/mol. The molecule has 20 heavy (non-hydrogen) atoms. The van der Waals surface area contributed by atoms with Crippen molar-refractivity contribution in [1.82, 2.24) is 5.32 Å². The Morgan fingerprint density at radius 1 is 1.55 bits per heavy atom. The number of amides is 1. The van der Waals surface area contributed by atoms with Crippen LogP contribution < -0.4 is 5.32 Å². The largest absolute Gasteiger partial charge is 0.385 e. The van der Waals surface area contributed by atoms with Gasteiger partial charge in [0.1, 0.15) is 5.54 Å². The molecule has 2 atom stereocenters. The molecule has 2 N–H and O–H groups in total. The summed E-state index contributed by atoms with van der Waals surface area (Å²) in [5.74, 6) is 1.20. The number of carbonyl (C=O) groups is 1. The van der Waals surface area contributed by atoms with Crippen LogP contribution in [-0.2, 0) is 10.4 Å². The number of nitriles is 1. The predicted octanol–water partition coefficient (Wildman–Crippen LogP) is 1.80. The summed E-state index contributed by atoms with van der Waals surface area (Å²) >= 11 is 1.66. The molecule has 1 aliphatic heterocycles. The standard InChI is InChI=1S/C15H18N2O2S/c1-14(19,12-5-3-2-4-6-12)9-13(18)17-15(10-16)7-8-20-11-15/h2-6,19H,7-9,11H2,1H3,(H,17,18). The van der Waals surface area contributed by atoms with Gasteiger partial charge in [0.15, 0.2) is 0 Å². The molecule has 1 aliphatic rings. The molecule has 0 radical (unpaired) electrons. The molecule has 106 valence electrons. The van der Waals surface area contributed by atoms with Gasteiger partial charge >= 0.3 is 0 Å². The molecule has 2 unspecified atom stereocenters. The first-order valence-corrected chi connectivity index (χ1v) is 7.71. The monoisotopic (exact) mass is 290 g/mol. The zero-order chi connectivity index (χ0) is 14.6. The molecular weight excluding hydrogens is 272 g/mol. The molecule has 1 fully saturated rings. The van der Waals surface area contributed by atoms with Crippen molar-refractivity contribution in [2.75, 3.05) is 11.5 Å². The highest BCUT2D eigenvalue weighted by Gasteiger charge is 2.37. The zero-order valence-electron chi connectivity index (χ0n) is 11.4. The molecule has 0 spiro atoms. The van der Waals surface area contributed by atoms with E-state index < -0.39 is 11.1 Å². The number of nitrogens with one attached hydrogen (secondary N) is 1. The molecular formula is C15H18N2O2S. The van der Waals surface area contributed by atoms with E-state index in [1.54, 1.807) is 30.8 Å². The van der Waals surface area contributed by atoms with Crippen molar-refractivity contribution in [3.63, 3.8) is 0 Å². The van der Waals surface area contributed by atoms with E-state index in [0.717, 1.165) is 5.75 Å². The molecule has 0 saturated carbocycles. The molecule has 4 nitrogen and oxygen atoms in total. The maximum absolute atomic E-state index is 12.1. The first-order valence-electron chi connectivity index (χ1n) is 6.55. The van der Waals surface area contributed by atoms with E-state index in [0.29, 0.717) is 17.7 Å². The minimum atomic E-state index is -1.23.